The molecule has 1 amide bonds. The number of hydrogen-bond acceptors (Lipinski definition) is 7. The first-order valence-electron chi connectivity index (χ1n) is 8.30. The standard InChI is InChI=1S/C16H23N5O4/c1-9-14(10(2)25-20-9)16(23)17-12-6-11(7-12)15-19-18-13(8-22)21(15)4-5-24-3/h11-12,22H,4-8H2,1-3H3,(H,17,23). The first-order chi connectivity index (χ1) is 12.0. The monoisotopic (exact) mass is 349 g/mol. The zero-order valence-electron chi connectivity index (χ0n) is 14.7. The SMILES string of the molecule is COCCn1c(CO)nnc1C1CC(NC(=O)c2c(C)noc2C)C1. The number of rotatable bonds is 7. The Bertz CT molecular complexity index is 728. The number of amides is 1. The molecule has 0 atom stereocenters. The molecule has 0 spiro atoms. The molecule has 25 heavy (non-hydrogen) atoms. The third-order valence-corrected chi connectivity index (χ3v) is 4.62. The molecule has 0 saturated heterocycles. The van der Waals surface area contributed by atoms with Gasteiger partial charge >= 0.3 is 0 Å². The molecule has 9 nitrogen and oxygen atoms in total. The molecule has 2 N–H and O–H groups in total. The normalized spacial score (nSPS) is 19.7. The van der Waals surface area contributed by atoms with Crippen molar-refractivity contribution in [3.63, 3.8) is 0 Å². The number of carbonyl (C=O) groups is 1. The fraction of sp³-hybridized carbons (Fsp3) is 0.625. The second-order valence-corrected chi connectivity index (χ2v) is 6.31. The highest BCUT2D eigenvalue weighted by atomic mass is 16.5. The Morgan fingerprint density at radius 3 is 2.76 bits per heavy atom. The largest absolute Gasteiger partial charge is 0.388 e. The van der Waals surface area contributed by atoms with Crippen molar-refractivity contribution in [2.45, 2.75) is 51.8 Å². The summed E-state index contributed by atoms with van der Waals surface area (Å²) >= 11 is 0. The number of methoxy groups -OCH3 is 1. The predicted octanol–water partition coefficient (Wildman–Crippen LogP) is 0.698. The Hall–Kier alpha value is -2.26. The number of hydrogen-bond donors (Lipinski definition) is 2. The second kappa shape index (κ2) is 7.32. The Labute approximate surface area is 145 Å². The molecular weight excluding hydrogens is 326 g/mol. The van der Waals surface area contributed by atoms with E-state index in [4.69, 9.17) is 9.26 Å². The predicted molar refractivity (Wildman–Crippen MR) is 87.0 cm³/mol. The lowest BCUT2D eigenvalue weighted by Gasteiger charge is -2.35. The van der Waals surface area contributed by atoms with Gasteiger partial charge in [0.25, 0.3) is 5.91 Å². The van der Waals surface area contributed by atoms with Gasteiger partial charge in [-0.15, -0.1) is 10.2 Å². The highest BCUT2D eigenvalue weighted by Crippen LogP contribution is 2.36. The number of ether oxygens (including phenoxy) is 1. The molecule has 136 valence electrons. The average molecular weight is 349 g/mol. The summed E-state index contributed by atoms with van der Waals surface area (Å²) in [5.41, 5.74) is 1.10. The molecule has 0 radical (unpaired) electrons. The van der Waals surface area contributed by atoms with Crippen LogP contribution in [-0.2, 0) is 17.9 Å². The van der Waals surface area contributed by atoms with Crippen molar-refractivity contribution in [3.05, 3.63) is 28.7 Å². The van der Waals surface area contributed by atoms with Crippen LogP contribution in [0.1, 0.15) is 52.2 Å². The third kappa shape index (κ3) is 3.42. The molecule has 0 aromatic carbocycles. The summed E-state index contributed by atoms with van der Waals surface area (Å²) in [6, 6.07) is 0.0800. The molecule has 2 aromatic rings. The van der Waals surface area contributed by atoms with Crippen LogP contribution in [0, 0.1) is 13.8 Å². The van der Waals surface area contributed by atoms with Gasteiger partial charge in [-0.1, -0.05) is 5.16 Å². The lowest BCUT2D eigenvalue weighted by atomic mass is 9.79. The molecule has 2 aromatic heterocycles. The number of nitrogens with one attached hydrogen (secondary N) is 1. The zero-order valence-corrected chi connectivity index (χ0v) is 14.7. The number of aromatic nitrogens is 4. The fourth-order valence-electron chi connectivity index (χ4n) is 3.21. The molecule has 0 unspecified atom stereocenters. The van der Waals surface area contributed by atoms with E-state index in [2.05, 4.69) is 20.7 Å². The molecule has 2 heterocycles. The van der Waals surface area contributed by atoms with Crippen LogP contribution < -0.4 is 5.32 Å². The molecular formula is C16H23N5O4. The van der Waals surface area contributed by atoms with Crippen LogP contribution in [-0.4, -0.2) is 50.7 Å². The molecule has 9 heteroatoms. The van der Waals surface area contributed by atoms with E-state index >= 15 is 0 Å². The third-order valence-electron chi connectivity index (χ3n) is 4.62. The van der Waals surface area contributed by atoms with E-state index in [1.54, 1.807) is 21.0 Å². The molecule has 1 aliphatic rings. The summed E-state index contributed by atoms with van der Waals surface area (Å²) in [5, 5.41) is 24.5. The van der Waals surface area contributed by atoms with Gasteiger partial charge in [-0.2, -0.15) is 0 Å². The summed E-state index contributed by atoms with van der Waals surface area (Å²) < 4.78 is 12.1. The Morgan fingerprint density at radius 2 is 2.16 bits per heavy atom. The number of aryl methyl sites for hydroxylation is 2. The Morgan fingerprint density at radius 1 is 1.40 bits per heavy atom. The van der Waals surface area contributed by atoms with E-state index < -0.39 is 0 Å². The highest BCUT2D eigenvalue weighted by Gasteiger charge is 2.36. The van der Waals surface area contributed by atoms with Gasteiger partial charge in [-0.25, -0.2) is 0 Å². The van der Waals surface area contributed by atoms with Crippen molar-refractivity contribution in [1.29, 1.82) is 0 Å². The molecule has 1 aliphatic carbocycles. The lowest BCUT2D eigenvalue weighted by molar-refractivity contribution is 0.0904. The molecule has 0 aliphatic heterocycles. The first kappa shape index (κ1) is 17.6. The van der Waals surface area contributed by atoms with Crippen LogP contribution in [0.15, 0.2) is 4.52 Å². The van der Waals surface area contributed by atoms with Gasteiger partial charge in [-0.05, 0) is 26.7 Å². The number of aliphatic hydroxyl groups excluding tert-OH is 1. The van der Waals surface area contributed by atoms with Crippen LogP contribution in [0.4, 0.5) is 0 Å². The summed E-state index contributed by atoms with van der Waals surface area (Å²) in [6.07, 6.45) is 1.57. The van der Waals surface area contributed by atoms with E-state index in [-0.39, 0.29) is 24.5 Å². The van der Waals surface area contributed by atoms with Crippen LogP contribution in [0.2, 0.25) is 0 Å². The zero-order chi connectivity index (χ0) is 18.0. The van der Waals surface area contributed by atoms with E-state index in [1.165, 1.54) is 0 Å². The number of carbonyl (C=O) groups excluding carboxylic acids is 1. The average Bonchev–Trinajstić information content (AvgIpc) is 3.11. The van der Waals surface area contributed by atoms with Crippen LogP contribution in [0.5, 0.6) is 0 Å². The van der Waals surface area contributed by atoms with Crippen LogP contribution in [0.25, 0.3) is 0 Å². The van der Waals surface area contributed by atoms with Gasteiger partial charge in [0.1, 0.15) is 23.8 Å². The van der Waals surface area contributed by atoms with Crippen molar-refractivity contribution in [3.8, 4) is 0 Å². The van der Waals surface area contributed by atoms with Crippen molar-refractivity contribution in [1.82, 2.24) is 25.2 Å². The van der Waals surface area contributed by atoms with E-state index in [9.17, 15) is 9.90 Å². The maximum atomic E-state index is 12.4. The van der Waals surface area contributed by atoms with Gasteiger partial charge in [0.05, 0.1) is 12.3 Å². The maximum Gasteiger partial charge on any atom is 0.257 e. The second-order valence-electron chi connectivity index (χ2n) is 6.31. The van der Waals surface area contributed by atoms with Crippen molar-refractivity contribution in [2.75, 3.05) is 13.7 Å². The summed E-state index contributed by atoms with van der Waals surface area (Å²) in [5.74, 6) is 1.95. The molecule has 3 rings (SSSR count). The van der Waals surface area contributed by atoms with Gasteiger partial charge < -0.3 is 24.3 Å². The highest BCUT2D eigenvalue weighted by molar-refractivity contribution is 5.96. The summed E-state index contributed by atoms with van der Waals surface area (Å²) in [4.78, 5) is 12.4. The van der Waals surface area contributed by atoms with E-state index in [0.29, 0.717) is 36.0 Å². The Balaban J connectivity index is 1.61. The molecule has 1 fully saturated rings. The van der Waals surface area contributed by atoms with Crippen molar-refractivity contribution < 1.29 is 19.2 Å². The summed E-state index contributed by atoms with van der Waals surface area (Å²) in [6.45, 7) is 4.45. The smallest absolute Gasteiger partial charge is 0.257 e. The minimum absolute atomic E-state index is 0.0800. The van der Waals surface area contributed by atoms with Crippen LogP contribution in [0.3, 0.4) is 0 Å². The first-order valence-corrected chi connectivity index (χ1v) is 8.30. The fourth-order valence-corrected chi connectivity index (χ4v) is 3.21. The van der Waals surface area contributed by atoms with Crippen LogP contribution >= 0.6 is 0 Å². The maximum absolute atomic E-state index is 12.4. The van der Waals surface area contributed by atoms with Gasteiger partial charge in [0.2, 0.25) is 0 Å². The van der Waals surface area contributed by atoms with Gasteiger partial charge in [0, 0.05) is 25.6 Å². The molecule has 0 bridgehead atoms. The number of aliphatic hydroxyl groups is 1. The quantitative estimate of drug-likeness (QED) is 0.756. The minimum atomic E-state index is -0.157. The Kier molecular flexibility index (Phi) is 5.14. The summed E-state index contributed by atoms with van der Waals surface area (Å²) in [7, 11) is 1.63. The van der Waals surface area contributed by atoms with Crippen molar-refractivity contribution >= 4 is 5.91 Å². The molecule has 1 saturated carbocycles. The van der Waals surface area contributed by atoms with Gasteiger partial charge in [0.15, 0.2) is 5.82 Å². The van der Waals surface area contributed by atoms with E-state index in [0.717, 1.165) is 18.7 Å². The van der Waals surface area contributed by atoms with Crippen molar-refractivity contribution in [2.24, 2.45) is 0 Å². The topological polar surface area (TPSA) is 115 Å². The van der Waals surface area contributed by atoms with Gasteiger partial charge in [-0.3, -0.25) is 4.79 Å². The van der Waals surface area contributed by atoms with E-state index in [1.807, 2.05) is 4.57 Å². The minimum Gasteiger partial charge on any atom is -0.388 e. The number of nitrogens with zero attached hydrogens (tertiary/aromatic N) is 4. The lowest BCUT2D eigenvalue weighted by Crippen LogP contribution is -2.44.